The molecule has 0 aliphatic carbocycles. The van der Waals surface area contributed by atoms with Gasteiger partial charge >= 0.3 is 6.03 Å². The zero-order valence-electron chi connectivity index (χ0n) is 13.5. The Kier molecular flexibility index (Phi) is 4.12. The maximum absolute atomic E-state index is 12.1. The molecule has 1 aromatic carbocycles. The van der Waals surface area contributed by atoms with E-state index < -0.39 is 0 Å². The quantitative estimate of drug-likeness (QED) is 0.791. The lowest BCUT2D eigenvalue weighted by Crippen LogP contribution is -2.52. The maximum Gasteiger partial charge on any atom is 0.317 e. The van der Waals surface area contributed by atoms with E-state index in [1.165, 1.54) is 0 Å². The fraction of sp³-hybridized carbons (Fsp3) is 0.222. The van der Waals surface area contributed by atoms with Crippen LogP contribution in [0.5, 0.6) is 0 Å². The molecule has 7 nitrogen and oxygen atoms in total. The monoisotopic (exact) mass is 335 g/mol. The van der Waals surface area contributed by atoms with E-state index in [9.17, 15) is 4.79 Å². The summed E-state index contributed by atoms with van der Waals surface area (Å²) in [6, 6.07) is 13.5. The minimum atomic E-state index is -0.0768. The molecule has 7 heteroatoms. The van der Waals surface area contributed by atoms with Crippen LogP contribution in [-0.4, -0.2) is 39.1 Å². The highest BCUT2D eigenvalue weighted by molar-refractivity contribution is 5.75. The molecule has 0 saturated carbocycles. The van der Waals surface area contributed by atoms with Crippen LogP contribution in [0.3, 0.4) is 0 Å². The van der Waals surface area contributed by atoms with Gasteiger partial charge in [-0.1, -0.05) is 35.5 Å². The van der Waals surface area contributed by atoms with Gasteiger partial charge in [-0.05, 0) is 17.7 Å². The average Bonchev–Trinajstić information content (AvgIpc) is 3.10. The van der Waals surface area contributed by atoms with E-state index in [2.05, 4.69) is 20.4 Å². The van der Waals surface area contributed by atoms with E-state index in [4.69, 9.17) is 4.52 Å². The van der Waals surface area contributed by atoms with Gasteiger partial charge in [-0.15, -0.1) is 0 Å². The summed E-state index contributed by atoms with van der Waals surface area (Å²) in [6.45, 7) is 1.68. The SMILES string of the molecule is O=C(NCc1ccccc1)N1CC(c2nc(-c3cccnc3)no2)C1. The largest absolute Gasteiger partial charge is 0.339 e. The Labute approximate surface area is 144 Å². The highest BCUT2D eigenvalue weighted by Gasteiger charge is 2.35. The zero-order chi connectivity index (χ0) is 17.1. The number of nitrogens with zero attached hydrogens (tertiary/aromatic N) is 4. The van der Waals surface area contributed by atoms with Crippen molar-refractivity contribution in [3.05, 3.63) is 66.3 Å². The van der Waals surface area contributed by atoms with Crippen LogP contribution in [0.2, 0.25) is 0 Å². The molecule has 2 aromatic heterocycles. The highest BCUT2D eigenvalue weighted by Crippen LogP contribution is 2.27. The summed E-state index contributed by atoms with van der Waals surface area (Å²) < 4.78 is 5.33. The number of carbonyl (C=O) groups is 1. The van der Waals surface area contributed by atoms with Gasteiger partial charge in [-0.25, -0.2) is 4.79 Å². The lowest BCUT2D eigenvalue weighted by molar-refractivity contribution is 0.136. The first-order chi connectivity index (χ1) is 12.3. The summed E-state index contributed by atoms with van der Waals surface area (Å²) in [5.74, 6) is 1.17. The first-order valence-electron chi connectivity index (χ1n) is 8.10. The number of amides is 2. The van der Waals surface area contributed by atoms with Crippen molar-refractivity contribution in [3.8, 4) is 11.4 Å². The van der Waals surface area contributed by atoms with Crippen molar-refractivity contribution in [1.82, 2.24) is 25.3 Å². The van der Waals surface area contributed by atoms with Crippen LogP contribution in [0.4, 0.5) is 4.79 Å². The molecule has 0 unspecified atom stereocenters. The number of likely N-dealkylation sites (tertiary alicyclic amines) is 1. The second-order valence-electron chi connectivity index (χ2n) is 5.94. The van der Waals surface area contributed by atoms with E-state index in [0.29, 0.717) is 31.3 Å². The molecule has 0 bridgehead atoms. The molecule has 2 amide bonds. The lowest BCUT2D eigenvalue weighted by atomic mass is 10.0. The van der Waals surface area contributed by atoms with Crippen molar-refractivity contribution in [3.63, 3.8) is 0 Å². The number of aromatic nitrogens is 3. The number of hydrogen-bond donors (Lipinski definition) is 1. The zero-order valence-corrected chi connectivity index (χ0v) is 13.5. The summed E-state index contributed by atoms with van der Waals surface area (Å²) in [6.07, 6.45) is 3.39. The predicted octanol–water partition coefficient (Wildman–Crippen LogP) is 2.44. The minimum absolute atomic E-state index is 0.0768. The van der Waals surface area contributed by atoms with Crippen LogP contribution >= 0.6 is 0 Å². The molecule has 1 aliphatic rings. The molecular formula is C18H17N5O2. The first kappa shape index (κ1) is 15.3. The summed E-state index contributed by atoms with van der Waals surface area (Å²) in [5, 5.41) is 6.91. The van der Waals surface area contributed by atoms with Gasteiger partial charge in [-0.3, -0.25) is 4.98 Å². The summed E-state index contributed by atoms with van der Waals surface area (Å²) in [5.41, 5.74) is 1.89. The molecular weight excluding hydrogens is 318 g/mol. The Morgan fingerprint density at radius 3 is 2.80 bits per heavy atom. The minimum Gasteiger partial charge on any atom is -0.339 e. The average molecular weight is 335 g/mol. The number of urea groups is 1. The van der Waals surface area contributed by atoms with Crippen LogP contribution in [-0.2, 0) is 6.54 Å². The van der Waals surface area contributed by atoms with Gasteiger partial charge in [0, 0.05) is 37.6 Å². The molecule has 4 rings (SSSR count). The molecule has 1 saturated heterocycles. The first-order valence-corrected chi connectivity index (χ1v) is 8.10. The van der Waals surface area contributed by atoms with Gasteiger partial charge in [0.05, 0.1) is 5.92 Å². The second kappa shape index (κ2) is 6.72. The smallest absolute Gasteiger partial charge is 0.317 e. The Morgan fingerprint density at radius 2 is 2.04 bits per heavy atom. The number of pyridine rings is 1. The summed E-state index contributed by atoms with van der Waals surface area (Å²) in [7, 11) is 0. The van der Waals surface area contributed by atoms with Crippen LogP contribution in [0.15, 0.2) is 59.4 Å². The van der Waals surface area contributed by atoms with Gasteiger partial charge in [0.1, 0.15) is 0 Å². The third-order valence-electron chi connectivity index (χ3n) is 4.17. The molecule has 1 N–H and O–H groups in total. The van der Waals surface area contributed by atoms with Gasteiger partial charge < -0.3 is 14.7 Å². The van der Waals surface area contributed by atoms with E-state index in [0.717, 1.165) is 11.1 Å². The van der Waals surface area contributed by atoms with Crippen LogP contribution in [0.1, 0.15) is 17.4 Å². The van der Waals surface area contributed by atoms with Crippen LogP contribution < -0.4 is 5.32 Å². The number of carbonyl (C=O) groups excluding carboxylic acids is 1. The van der Waals surface area contributed by atoms with E-state index >= 15 is 0 Å². The van der Waals surface area contributed by atoms with Crippen LogP contribution in [0, 0.1) is 0 Å². The van der Waals surface area contributed by atoms with Gasteiger partial charge in [0.25, 0.3) is 0 Å². The van der Waals surface area contributed by atoms with Crippen molar-refractivity contribution < 1.29 is 9.32 Å². The van der Waals surface area contributed by atoms with Crippen molar-refractivity contribution in [2.45, 2.75) is 12.5 Å². The predicted molar refractivity (Wildman–Crippen MR) is 90.5 cm³/mol. The van der Waals surface area contributed by atoms with E-state index in [1.807, 2.05) is 42.5 Å². The number of benzene rings is 1. The number of hydrogen-bond acceptors (Lipinski definition) is 5. The highest BCUT2D eigenvalue weighted by atomic mass is 16.5. The van der Waals surface area contributed by atoms with E-state index in [1.54, 1.807) is 17.3 Å². The molecule has 1 fully saturated rings. The van der Waals surface area contributed by atoms with Gasteiger partial charge in [0.2, 0.25) is 11.7 Å². The normalized spacial score (nSPS) is 14.2. The number of rotatable bonds is 4. The van der Waals surface area contributed by atoms with Crippen molar-refractivity contribution in [2.24, 2.45) is 0 Å². The molecule has 126 valence electrons. The van der Waals surface area contributed by atoms with Gasteiger partial charge in [-0.2, -0.15) is 4.98 Å². The lowest BCUT2D eigenvalue weighted by Gasteiger charge is -2.36. The van der Waals surface area contributed by atoms with Crippen molar-refractivity contribution in [1.29, 1.82) is 0 Å². The molecule has 3 heterocycles. The molecule has 25 heavy (non-hydrogen) atoms. The standard InChI is InChI=1S/C18H17N5O2/c24-18(20-9-13-5-2-1-3-6-13)23-11-15(12-23)17-21-16(22-25-17)14-7-4-8-19-10-14/h1-8,10,15H,9,11-12H2,(H,20,24). The van der Waals surface area contributed by atoms with E-state index in [-0.39, 0.29) is 11.9 Å². The number of nitrogens with one attached hydrogen (secondary N) is 1. The van der Waals surface area contributed by atoms with Crippen LogP contribution in [0.25, 0.3) is 11.4 Å². The fourth-order valence-corrected chi connectivity index (χ4v) is 2.70. The summed E-state index contributed by atoms with van der Waals surface area (Å²) >= 11 is 0. The second-order valence-corrected chi connectivity index (χ2v) is 5.94. The topological polar surface area (TPSA) is 84.2 Å². The summed E-state index contributed by atoms with van der Waals surface area (Å²) in [4.78, 5) is 22.3. The fourth-order valence-electron chi connectivity index (χ4n) is 2.70. The molecule has 0 atom stereocenters. The molecule has 1 aliphatic heterocycles. The Hall–Kier alpha value is -3.22. The molecule has 0 radical (unpaired) electrons. The van der Waals surface area contributed by atoms with Crippen molar-refractivity contribution in [2.75, 3.05) is 13.1 Å². The molecule has 3 aromatic rings. The van der Waals surface area contributed by atoms with Gasteiger partial charge in [0.15, 0.2) is 0 Å². The Bertz CT molecular complexity index is 844. The third kappa shape index (κ3) is 3.35. The Balaban J connectivity index is 1.30. The maximum atomic E-state index is 12.1. The third-order valence-corrected chi connectivity index (χ3v) is 4.17. The Morgan fingerprint density at radius 1 is 1.20 bits per heavy atom. The molecule has 0 spiro atoms. The van der Waals surface area contributed by atoms with Crippen molar-refractivity contribution >= 4 is 6.03 Å².